The normalized spacial score (nSPS) is 14.2. The molecule has 1 heterocycles. The van der Waals surface area contributed by atoms with Crippen molar-refractivity contribution in [1.29, 1.82) is 5.26 Å². The van der Waals surface area contributed by atoms with Crippen molar-refractivity contribution < 1.29 is 50.2 Å². The molecular weight excluding hydrogens is 543 g/mol. The largest absolute Gasteiger partial charge is 0.490 e. The van der Waals surface area contributed by atoms with Gasteiger partial charge >= 0.3 is 18.1 Å². The van der Waals surface area contributed by atoms with Gasteiger partial charge in [0.15, 0.2) is 0 Å². The van der Waals surface area contributed by atoms with E-state index in [9.17, 15) is 40.3 Å². The lowest BCUT2D eigenvalue weighted by molar-refractivity contribution is -0.192. The molecule has 0 radical (unpaired) electrons. The van der Waals surface area contributed by atoms with E-state index in [0.29, 0.717) is 57.0 Å². The molecule has 0 aliphatic carbocycles. The molecule has 0 amide bonds. The van der Waals surface area contributed by atoms with E-state index in [2.05, 4.69) is 15.7 Å². The van der Waals surface area contributed by atoms with Crippen molar-refractivity contribution in [3.8, 4) is 6.07 Å². The summed E-state index contributed by atoms with van der Waals surface area (Å²) >= 11 is 0. The maximum absolute atomic E-state index is 14.1. The number of aromatic carboxylic acids is 1. The van der Waals surface area contributed by atoms with E-state index in [1.165, 1.54) is 12.1 Å². The van der Waals surface area contributed by atoms with Gasteiger partial charge < -0.3 is 15.1 Å². The molecular formula is C22H21F5N4O6S. The number of halogens is 5. The number of nitrogens with zero attached hydrogens (tertiary/aromatic N) is 3. The quantitative estimate of drug-likeness (QED) is 0.431. The molecule has 1 fully saturated rings. The number of benzene rings is 2. The Morgan fingerprint density at radius 3 is 2.16 bits per heavy atom. The number of alkyl halides is 3. The van der Waals surface area contributed by atoms with Crippen LogP contribution in [-0.2, 0) is 14.8 Å². The standard InChI is InChI=1S/C20H20F2N4O4S.C2HF3O2/c21-15-3-4-16(22)19(13-15)31(29,30)24-17-12-14(20(27)28)2-5-18(17)26-10-8-25(9-11-26)7-1-6-23;3-2(4,5)1(6)7/h2-5,12-13,24H,1,7-11H2,(H,27,28);(H,6,7). The molecule has 0 atom stereocenters. The first-order valence-electron chi connectivity index (χ1n) is 10.6. The summed E-state index contributed by atoms with van der Waals surface area (Å²) in [5.74, 6) is -6.07. The molecule has 0 saturated carbocycles. The summed E-state index contributed by atoms with van der Waals surface area (Å²) in [7, 11) is -4.52. The minimum Gasteiger partial charge on any atom is -0.478 e. The van der Waals surface area contributed by atoms with Crippen LogP contribution in [-0.4, -0.2) is 74.4 Å². The highest BCUT2D eigenvalue weighted by molar-refractivity contribution is 7.92. The van der Waals surface area contributed by atoms with Crippen molar-refractivity contribution in [2.45, 2.75) is 17.5 Å². The van der Waals surface area contributed by atoms with E-state index in [0.717, 1.165) is 12.1 Å². The number of carbonyl (C=O) groups is 2. The van der Waals surface area contributed by atoms with E-state index in [1.807, 2.05) is 4.90 Å². The molecule has 10 nitrogen and oxygen atoms in total. The predicted octanol–water partition coefficient (Wildman–Crippen LogP) is 3.13. The molecule has 1 aliphatic heterocycles. The van der Waals surface area contributed by atoms with Crippen molar-refractivity contribution in [2.24, 2.45) is 0 Å². The average molecular weight is 564 g/mol. The molecule has 0 bridgehead atoms. The summed E-state index contributed by atoms with van der Waals surface area (Å²) in [6.45, 7) is 2.92. The molecule has 0 spiro atoms. The van der Waals surface area contributed by atoms with Gasteiger partial charge in [0.1, 0.15) is 16.5 Å². The minimum atomic E-state index is -5.08. The Morgan fingerprint density at radius 1 is 1.03 bits per heavy atom. The first-order chi connectivity index (χ1) is 17.7. The summed E-state index contributed by atoms with van der Waals surface area (Å²) < 4.78 is 87.0. The lowest BCUT2D eigenvalue weighted by Crippen LogP contribution is -2.46. The van der Waals surface area contributed by atoms with Crippen LogP contribution in [0.5, 0.6) is 0 Å². The summed E-state index contributed by atoms with van der Waals surface area (Å²) in [6.07, 6.45) is -4.68. The second-order valence-electron chi connectivity index (χ2n) is 7.76. The zero-order chi connectivity index (χ0) is 28.7. The lowest BCUT2D eigenvalue weighted by atomic mass is 10.1. The number of carboxylic acid groups (broad SMARTS) is 2. The van der Waals surface area contributed by atoms with Gasteiger partial charge in [-0.2, -0.15) is 18.4 Å². The Kier molecular flexibility index (Phi) is 9.97. The number of rotatable bonds is 7. The fourth-order valence-electron chi connectivity index (χ4n) is 3.33. The van der Waals surface area contributed by atoms with Crippen LogP contribution in [0.3, 0.4) is 0 Å². The number of hydrogen-bond donors (Lipinski definition) is 3. The van der Waals surface area contributed by atoms with E-state index in [4.69, 9.17) is 15.2 Å². The third kappa shape index (κ3) is 8.28. The van der Waals surface area contributed by atoms with Crippen LogP contribution in [0.25, 0.3) is 0 Å². The van der Waals surface area contributed by atoms with Crippen LogP contribution < -0.4 is 9.62 Å². The fourth-order valence-corrected chi connectivity index (χ4v) is 4.49. The van der Waals surface area contributed by atoms with Crippen molar-refractivity contribution in [3.05, 3.63) is 53.6 Å². The highest BCUT2D eigenvalue weighted by atomic mass is 32.2. The van der Waals surface area contributed by atoms with Crippen LogP contribution in [0.1, 0.15) is 16.8 Å². The van der Waals surface area contributed by atoms with Crippen molar-refractivity contribution >= 4 is 33.3 Å². The highest BCUT2D eigenvalue weighted by Gasteiger charge is 2.38. The highest BCUT2D eigenvalue weighted by Crippen LogP contribution is 2.31. The number of piperazine rings is 1. The number of hydrogen-bond acceptors (Lipinski definition) is 7. The van der Waals surface area contributed by atoms with Gasteiger partial charge in [0.2, 0.25) is 0 Å². The summed E-state index contributed by atoms with van der Waals surface area (Å²) in [6, 6.07) is 8.14. The Balaban J connectivity index is 0.000000638. The summed E-state index contributed by atoms with van der Waals surface area (Å²) in [5.41, 5.74) is 0.216. The van der Waals surface area contributed by atoms with E-state index in [-0.39, 0.29) is 11.3 Å². The zero-order valence-corrected chi connectivity index (χ0v) is 20.2. The molecule has 0 unspecified atom stereocenters. The molecule has 2 aromatic carbocycles. The Hall–Kier alpha value is -3.97. The third-order valence-corrected chi connectivity index (χ3v) is 6.55. The molecule has 3 N–H and O–H groups in total. The maximum Gasteiger partial charge on any atom is 0.490 e. The third-order valence-electron chi connectivity index (χ3n) is 5.17. The van der Waals surface area contributed by atoms with E-state index in [1.54, 1.807) is 0 Å². The first kappa shape index (κ1) is 30.3. The van der Waals surface area contributed by atoms with Gasteiger partial charge in [0.25, 0.3) is 10.0 Å². The number of nitriles is 1. The Morgan fingerprint density at radius 2 is 1.63 bits per heavy atom. The van der Waals surface area contributed by atoms with Crippen LogP contribution >= 0.6 is 0 Å². The Bertz CT molecular complexity index is 1320. The van der Waals surface area contributed by atoms with E-state index >= 15 is 0 Å². The van der Waals surface area contributed by atoms with Crippen LogP contribution in [0.15, 0.2) is 41.3 Å². The number of nitrogens with one attached hydrogen (secondary N) is 1. The van der Waals surface area contributed by atoms with Gasteiger partial charge in [-0.05, 0) is 36.4 Å². The molecule has 16 heteroatoms. The number of anilines is 2. The molecule has 206 valence electrons. The van der Waals surface area contributed by atoms with Gasteiger partial charge in [-0.3, -0.25) is 9.62 Å². The molecule has 3 rings (SSSR count). The lowest BCUT2D eigenvalue weighted by Gasteiger charge is -2.36. The summed E-state index contributed by atoms with van der Waals surface area (Å²) in [5, 5.41) is 25.1. The first-order valence-corrected chi connectivity index (χ1v) is 12.1. The number of sulfonamides is 1. The molecule has 1 aliphatic rings. The fraction of sp³-hybridized carbons (Fsp3) is 0.318. The second-order valence-corrected chi connectivity index (χ2v) is 9.41. The maximum atomic E-state index is 14.1. The van der Waals surface area contributed by atoms with Crippen molar-refractivity contribution in [3.63, 3.8) is 0 Å². The van der Waals surface area contributed by atoms with Gasteiger partial charge in [-0.1, -0.05) is 0 Å². The summed E-state index contributed by atoms with van der Waals surface area (Å²) in [4.78, 5) is 23.4. The van der Waals surface area contributed by atoms with Crippen molar-refractivity contribution in [1.82, 2.24) is 4.90 Å². The predicted molar refractivity (Wildman–Crippen MR) is 123 cm³/mol. The zero-order valence-electron chi connectivity index (χ0n) is 19.4. The van der Waals surface area contributed by atoms with Gasteiger partial charge in [0.05, 0.1) is 23.0 Å². The average Bonchev–Trinajstić information content (AvgIpc) is 2.84. The molecule has 1 saturated heterocycles. The van der Waals surface area contributed by atoms with Crippen LogP contribution in [0.4, 0.5) is 33.3 Å². The molecule has 2 aromatic rings. The second kappa shape index (κ2) is 12.5. The van der Waals surface area contributed by atoms with E-state index < -0.39 is 44.7 Å². The van der Waals surface area contributed by atoms with Crippen LogP contribution in [0, 0.1) is 23.0 Å². The minimum absolute atomic E-state index is 0.0472. The monoisotopic (exact) mass is 564 g/mol. The van der Waals surface area contributed by atoms with Crippen molar-refractivity contribution in [2.75, 3.05) is 42.3 Å². The Labute approximate surface area is 213 Å². The number of carboxylic acids is 2. The SMILES string of the molecule is N#CCCN1CCN(c2ccc(C(=O)O)cc2NS(=O)(=O)c2cc(F)ccc2F)CC1.O=C(O)C(F)(F)F. The van der Waals surface area contributed by atoms with Gasteiger partial charge in [-0.25, -0.2) is 26.8 Å². The van der Waals surface area contributed by atoms with Gasteiger partial charge in [-0.15, -0.1) is 0 Å². The van der Waals surface area contributed by atoms with Gasteiger partial charge in [0, 0.05) is 39.1 Å². The molecule has 38 heavy (non-hydrogen) atoms. The number of aliphatic carboxylic acids is 1. The molecule has 0 aromatic heterocycles. The smallest absolute Gasteiger partial charge is 0.478 e. The van der Waals surface area contributed by atoms with Crippen LogP contribution in [0.2, 0.25) is 0 Å². The topological polar surface area (TPSA) is 151 Å².